The first-order valence-electron chi connectivity index (χ1n) is 15.7. The summed E-state index contributed by atoms with van der Waals surface area (Å²) in [7, 11) is 1.69. The van der Waals surface area contributed by atoms with Gasteiger partial charge in [-0.3, -0.25) is 9.48 Å². The van der Waals surface area contributed by atoms with Crippen molar-refractivity contribution < 1.29 is 14.3 Å². The number of amides is 1. The van der Waals surface area contributed by atoms with Crippen LogP contribution in [0.3, 0.4) is 0 Å². The van der Waals surface area contributed by atoms with Crippen LogP contribution >= 0.6 is 11.6 Å². The number of carbonyl (C=O) groups is 1. The number of piperidine rings is 1. The first-order chi connectivity index (χ1) is 19.9. The molecule has 3 fully saturated rings. The van der Waals surface area contributed by atoms with Crippen molar-refractivity contribution >= 4 is 17.5 Å². The second-order valence-corrected chi connectivity index (χ2v) is 13.2. The molecule has 1 saturated heterocycles. The number of nitrogens with zero attached hydrogens (tertiary/aromatic N) is 4. The lowest BCUT2D eigenvalue weighted by molar-refractivity contribution is -0.142. The van der Waals surface area contributed by atoms with Crippen molar-refractivity contribution in [1.29, 1.82) is 0 Å². The minimum Gasteiger partial charge on any atom is -0.382 e. The van der Waals surface area contributed by atoms with E-state index in [0.29, 0.717) is 30.6 Å². The first-order valence-corrected chi connectivity index (χ1v) is 16.0. The zero-order valence-electron chi connectivity index (χ0n) is 24.7. The van der Waals surface area contributed by atoms with Crippen molar-refractivity contribution in [1.82, 2.24) is 19.7 Å². The van der Waals surface area contributed by atoms with Crippen LogP contribution in [-0.2, 0) is 27.2 Å². The van der Waals surface area contributed by atoms with Gasteiger partial charge in [0.2, 0.25) is 5.91 Å². The molecule has 0 radical (unpaired) electrons. The second-order valence-electron chi connectivity index (χ2n) is 12.8. The van der Waals surface area contributed by atoms with Gasteiger partial charge in [-0.15, -0.1) is 0 Å². The van der Waals surface area contributed by atoms with Crippen LogP contribution < -0.4 is 5.73 Å². The standard InChI is InChI=1S/C32H48ClN5O3/c1-40-19-20-41-28-11-13-32(34,14-12-28)29(21-25-7-9-27(33)10-8-25)30(39)37-17-15-31(16-18-37,22-38-24-35-23-36-38)26-5-3-2-4-6-26/h7-10,23-24,26,28-29H,2-6,11-22,34H2,1H3/t28?,29-,32?/m0/s1. The van der Waals surface area contributed by atoms with Crippen LogP contribution in [0.5, 0.6) is 0 Å². The molecule has 2 N–H and O–H groups in total. The summed E-state index contributed by atoms with van der Waals surface area (Å²) in [5, 5.41) is 5.17. The van der Waals surface area contributed by atoms with E-state index >= 15 is 0 Å². The number of carbonyl (C=O) groups excluding carboxylic acids is 1. The number of hydrogen-bond donors (Lipinski definition) is 1. The Balaban J connectivity index is 1.30. The number of nitrogens with two attached hydrogens (primary N) is 1. The van der Waals surface area contributed by atoms with Crippen LogP contribution in [0.25, 0.3) is 0 Å². The Hall–Kier alpha value is -2.00. The molecule has 1 aromatic carbocycles. The lowest BCUT2D eigenvalue weighted by Crippen LogP contribution is -2.59. The topological polar surface area (TPSA) is 95.5 Å². The molecule has 2 aromatic rings. The summed E-state index contributed by atoms with van der Waals surface area (Å²) >= 11 is 6.19. The minimum absolute atomic E-state index is 0.161. The van der Waals surface area contributed by atoms with Gasteiger partial charge in [-0.2, -0.15) is 5.10 Å². The zero-order chi connectivity index (χ0) is 28.7. The summed E-state index contributed by atoms with van der Waals surface area (Å²) < 4.78 is 13.2. The molecule has 226 valence electrons. The molecule has 1 aromatic heterocycles. The molecule has 0 bridgehead atoms. The molecule has 2 aliphatic carbocycles. The molecule has 2 saturated carbocycles. The molecule has 0 spiro atoms. The van der Waals surface area contributed by atoms with E-state index in [1.807, 2.05) is 35.3 Å². The van der Waals surface area contributed by atoms with E-state index in [1.165, 1.54) is 32.1 Å². The summed E-state index contributed by atoms with van der Waals surface area (Å²) in [4.78, 5) is 20.8. The Kier molecular flexibility index (Phi) is 10.4. The van der Waals surface area contributed by atoms with Crippen LogP contribution in [0.15, 0.2) is 36.9 Å². The van der Waals surface area contributed by atoms with Gasteiger partial charge in [0, 0.05) is 37.3 Å². The quantitative estimate of drug-likeness (QED) is 0.360. The van der Waals surface area contributed by atoms with Crippen molar-refractivity contribution in [2.45, 2.75) is 95.2 Å². The van der Waals surface area contributed by atoms with Gasteiger partial charge in [-0.05, 0) is 86.8 Å². The van der Waals surface area contributed by atoms with Gasteiger partial charge < -0.3 is 20.1 Å². The smallest absolute Gasteiger partial charge is 0.227 e. The van der Waals surface area contributed by atoms with Crippen molar-refractivity contribution in [2.24, 2.45) is 23.0 Å². The molecule has 1 aliphatic heterocycles. The van der Waals surface area contributed by atoms with Gasteiger partial charge in [0.1, 0.15) is 12.7 Å². The lowest BCUT2D eigenvalue weighted by atomic mass is 9.63. The normalized spacial score (nSPS) is 26.1. The molecule has 41 heavy (non-hydrogen) atoms. The monoisotopic (exact) mass is 585 g/mol. The Morgan fingerprint density at radius 3 is 2.39 bits per heavy atom. The van der Waals surface area contributed by atoms with E-state index in [-0.39, 0.29) is 23.3 Å². The van der Waals surface area contributed by atoms with Gasteiger partial charge >= 0.3 is 0 Å². The largest absolute Gasteiger partial charge is 0.382 e. The van der Waals surface area contributed by atoms with E-state index in [1.54, 1.807) is 13.4 Å². The second kappa shape index (κ2) is 14.0. The van der Waals surface area contributed by atoms with Crippen molar-refractivity contribution in [3.05, 3.63) is 47.5 Å². The van der Waals surface area contributed by atoms with Gasteiger partial charge in [0.25, 0.3) is 0 Å². The average Bonchev–Trinajstić information content (AvgIpc) is 3.51. The fraction of sp³-hybridized carbons (Fsp3) is 0.719. The Morgan fingerprint density at radius 2 is 1.76 bits per heavy atom. The van der Waals surface area contributed by atoms with E-state index < -0.39 is 5.54 Å². The summed E-state index contributed by atoms with van der Waals surface area (Å²) in [5.41, 5.74) is 7.90. The molecule has 1 atom stereocenters. The van der Waals surface area contributed by atoms with Gasteiger partial charge in [-0.1, -0.05) is 43.0 Å². The SMILES string of the molecule is COCCOC1CCC(N)([C@@H](Cc2ccc(Cl)cc2)C(=O)N2CCC(Cn3cncn3)(C3CCCCC3)CC2)CC1. The average molecular weight is 586 g/mol. The Morgan fingerprint density at radius 1 is 1.05 bits per heavy atom. The third-order valence-corrected chi connectivity index (χ3v) is 10.6. The van der Waals surface area contributed by atoms with Crippen LogP contribution in [0.4, 0.5) is 0 Å². The number of ether oxygens (including phenoxy) is 2. The van der Waals surface area contributed by atoms with E-state index in [0.717, 1.165) is 63.7 Å². The van der Waals surface area contributed by atoms with Gasteiger partial charge in [-0.25, -0.2) is 4.98 Å². The van der Waals surface area contributed by atoms with Crippen LogP contribution in [0, 0.1) is 17.3 Å². The van der Waals surface area contributed by atoms with E-state index in [2.05, 4.69) is 15.0 Å². The number of methoxy groups -OCH3 is 1. The molecule has 8 nitrogen and oxygen atoms in total. The molecular weight excluding hydrogens is 538 g/mol. The summed E-state index contributed by atoms with van der Waals surface area (Å²) in [6.45, 7) is 3.63. The first kappa shape index (κ1) is 30.5. The van der Waals surface area contributed by atoms with Crippen LogP contribution in [0.2, 0.25) is 5.02 Å². The molecule has 0 unspecified atom stereocenters. The third kappa shape index (κ3) is 7.51. The van der Waals surface area contributed by atoms with Crippen molar-refractivity contribution in [2.75, 3.05) is 33.4 Å². The van der Waals surface area contributed by atoms with Gasteiger partial charge in [0.15, 0.2) is 0 Å². The van der Waals surface area contributed by atoms with E-state index in [9.17, 15) is 4.79 Å². The summed E-state index contributed by atoms with van der Waals surface area (Å²) in [6, 6.07) is 7.89. The maximum Gasteiger partial charge on any atom is 0.227 e. The van der Waals surface area contributed by atoms with Crippen LogP contribution in [-0.4, -0.2) is 70.6 Å². The number of halogens is 1. The third-order valence-electron chi connectivity index (χ3n) is 10.3. The highest BCUT2D eigenvalue weighted by atomic mass is 35.5. The molecular formula is C32H48ClN5O3. The zero-order valence-corrected chi connectivity index (χ0v) is 25.4. The van der Waals surface area contributed by atoms with Crippen molar-refractivity contribution in [3.8, 4) is 0 Å². The number of aromatic nitrogens is 3. The fourth-order valence-corrected chi connectivity index (χ4v) is 7.90. The Bertz CT molecular complexity index is 1070. The molecule has 5 rings (SSSR count). The van der Waals surface area contributed by atoms with Gasteiger partial charge in [0.05, 0.1) is 25.2 Å². The maximum absolute atomic E-state index is 14.4. The Labute approximate surface area is 250 Å². The van der Waals surface area contributed by atoms with Crippen molar-refractivity contribution in [3.63, 3.8) is 0 Å². The number of rotatable bonds is 11. The lowest BCUT2D eigenvalue weighted by Gasteiger charge is -2.49. The maximum atomic E-state index is 14.4. The number of hydrogen-bond acceptors (Lipinski definition) is 6. The molecule has 9 heteroatoms. The highest BCUT2D eigenvalue weighted by Gasteiger charge is 2.47. The molecule has 3 aliphatic rings. The predicted octanol–water partition coefficient (Wildman–Crippen LogP) is 5.28. The summed E-state index contributed by atoms with van der Waals surface area (Å²) in [6.07, 6.45) is 16.1. The number of benzene rings is 1. The fourth-order valence-electron chi connectivity index (χ4n) is 7.77. The molecule has 2 heterocycles. The molecule has 1 amide bonds. The predicted molar refractivity (Wildman–Crippen MR) is 160 cm³/mol. The highest BCUT2D eigenvalue weighted by molar-refractivity contribution is 6.30. The number of likely N-dealkylation sites (tertiary alicyclic amines) is 1. The minimum atomic E-state index is -0.559. The van der Waals surface area contributed by atoms with Crippen LogP contribution in [0.1, 0.15) is 76.2 Å². The van der Waals surface area contributed by atoms with E-state index in [4.69, 9.17) is 26.8 Å². The highest BCUT2D eigenvalue weighted by Crippen LogP contribution is 2.47. The summed E-state index contributed by atoms with van der Waals surface area (Å²) in [5.74, 6) is 0.608.